The molecule has 2 rings (SSSR count). The molecule has 0 aromatic carbocycles. The van der Waals surface area contributed by atoms with Crippen LogP contribution in [-0.2, 0) is 4.74 Å². The van der Waals surface area contributed by atoms with Crippen LogP contribution in [-0.4, -0.2) is 28.5 Å². The van der Waals surface area contributed by atoms with Crippen LogP contribution >= 0.6 is 11.3 Å². The number of H-pyrrole nitrogens is 1. The maximum Gasteiger partial charge on any atom is 0.360 e. The Morgan fingerprint density at radius 2 is 2.33 bits per heavy atom. The van der Waals surface area contributed by atoms with Gasteiger partial charge in [-0.2, -0.15) is 10.3 Å². The molecule has 1 N–H and O–H groups in total. The van der Waals surface area contributed by atoms with E-state index in [0.29, 0.717) is 5.69 Å². The fourth-order valence-electron chi connectivity index (χ4n) is 1.20. The van der Waals surface area contributed by atoms with E-state index in [1.807, 2.05) is 18.4 Å². The summed E-state index contributed by atoms with van der Waals surface area (Å²) in [5.41, 5.74) is 1.90. The first-order valence-corrected chi connectivity index (χ1v) is 5.15. The highest BCUT2D eigenvalue weighted by atomic mass is 32.1. The lowest BCUT2D eigenvalue weighted by Crippen LogP contribution is -2.03. The summed E-state index contributed by atoms with van der Waals surface area (Å²) in [5, 5.41) is 12.1. The fraction of sp³-hybridized carbons (Fsp3) is 0.222. The molecule has 5 nitrogen and oxygen atoms in total. The van der Waals surface area contributed by atoms with E-state index in [-0.39, 0.29) is 5.69 Å². The summed E-state index contributed by atoms with van der Waals surface area (Å²) in [6, 6.07) is 1.95. The third-order valence-corrected chi connectivity index (χ3v) is 2.95. The monoisotopic (exact) mass is 223 g/mol. The van der Waals surface area contributed by atoms with Gasteiger partial charge in [0.1, 0.15) is 5.69 Å². The summed E-state index contributed by atoms with van der Waals surface area (Å²) < 4.78 is 4.61. The summed E-state index contributed by atoms with van der Waals surface area (Å²) in [5.74, 6) is -0.482. The Labute approximate surface area is 90.1 Å². The zero-order valence-electron chi connectivity index (χ0n) is 8.27. The van der Waals surface area contributed by atoms with Gasteiger partial charge in [0.05, 0.1) is 12.0 Å². The van der Waals surface area contributed by atoms with Crippen LogP contribution in [0.4, 0.5) is 0 Å². The number of esters is 1. The minimum Gasteiger partial charge on any atom is -0.464 e. The van der Waals surface area contributed by atoms with Gasteiger partial charge in [-0.05, 0) is 23.9 Å². The van der Waals surface area contributed by atoms with Gasteiger partial charge in [0, 0.05) is 0 Å². The Morgan fingerprint density at radius 3 is 2.93 bits per heavy atom. The third kappa shape index (κ3) is 1.75. The van der Waals surface area contributed by atoms with Gasteiger partial charge in [-0.25, -0.2) is 4.79 Å². The zero-order valence-corrected chi connectivity index (χ0v) is 9.09. The van der Waals surface area contributed by atoms with Gasteiger partial charge in [0.25, 0.3) is 0 Å². The molecule has 0 spiro atoms. The number of aromatic nitrogens is 3. The van der Waals surface area contributed by atoms with Crippen molar-refractivity contribution in [3.63, 3.8) is 0 Å². The largest absolute Gasteiger partial charge is 0.464 e. The quantitative estimate of drug-likeness (QED) is 0.786. The van der Waals surface area contributed by atoms with E-state index in [4.69, 9.17) is 0 Å². The number of nitrogens with one attached hydrogen (secondary N) is 1. The van der Waals surface area contributed by atoms with Gasteiger partial charge in [-0.15, -0.1) is 16.4 Å². The molecular formula is C9H9N3O2S. The van der Waals surface area contributed by atoms with Crippen molar-refractivity contribution >= 4 is 17.3 Å². The molecule has 0 aliphatic heterocycles. The molecule has 0 unspecified atom stereocenters. The number of rotatable bonds is 2. The molecule has 2 heterocycles. The van der Waals surface area contributed by atoms with Crippen molar-refractivity contribution in [2.45, 2.75) is 6.92 Å². The van der Waals surface area contributed by atoms with Crippen LogP contribution in [0.2, 0.25) is 0 Å². The molecule has 0 saturated heterocycles. The molecule has 0 amide bonds. The number of aryl methyl sites for hydroxylation is 1. The minimum absolute atomic E-state index is 0.222. The van der Waals surface area contributed by atoms with E-state index in [9.17, 15) is 4.79 Å². The van der Waals surface area contributed by atoms with Crippen LogP contribution in [0.5, 0.6) is 0 Å². The van der Waals surface area contributed by atoms with Crippen molar-refractivity contribution < 1.29 is 9.53 Å². The first-order chi connectivity index (χ1) is 7.22. The van der Waals surface area contributed by atoms with Gasteiger partial charge >= 0.3 is 5.97 Å². The van der Waals surface area contributed by atoms with Crippen LogP contribution in [0.1, 0.15) is 16.1 Å². The number of nitrogens with zero attached hydrogens (tertiary/aromatic N) is 2. The lowest BCUT2D eigenvalue weighted by atomic mass is 10.2. The standard InChI is InChI=1S/C9H9N3O2S/c1-5-3-6(15-4-5)7-8(9(13)14-2)11-12-10-7/h3-4H,1-2H3,(H,10,11,12). The average molecular weight is 223 g/mol. The summed E-state index contributed by atoms with van der Waals surface area (Å²) in [7, 11) is 1.32. The van der Waals surface area contributed by atoms with Crippen molar-refractivity contribution in [2.24, 2.45) is 0 Å². The SMILES string of the molecule is COC(=O)c1n[nH]nc1-c1cc(C)cs1. The Kier molecular flexibility index (Phi) is 2.51. The number of hydrogen-bond acceptors (Lipinski definition) is 5. The van der Waals surface area contributed by atoms with Crippen LogP contribution in [0, 0.1) is 6.92 Å². The minimum atomic E-state index is -0.482. The summed E-state index contributed by atoms with van der Waals surface area (Å²) in [4.78, 5) is 12.2. The summed E-state index contributed by atoms with van der Waals surface area (Å²) >= 11 is 1.52. The molecule has 0 aliphatic carbocycles. The molecule has 0 bridgehead atoms. The van der Waals surface area contributed by atoms with Crippen molar-refractivity contribution in [1.29, 1.82) is 0 Å². The van der Waals surface area contributed by atoms with Crippen LogP contribution in [0.25, 0.3) is 10.6 Å². The Bertz CT molecular complexity index is 489. The molecule has 2 aromatic heterocycles. The lowest BCUT2D eigenvalue weighted by molar-refractivity contribution is 0.0595. The second-order valence-electron chi connectivity index (χ2n) is 3.00. The smallest absolute Gasteiger partial charge is 0.360 e. The number of ether oxygens (including phenoxy) is 1. The number of hydrogen-bond donors (Lipinski definition) is 1. The molecule has 0 atom stereocenters. The van der Waals surface area contributed by atoms with Crippen LogP contribution in [0.3, 0.4) is 0 Å². The van der Waals surface area contributed by atoms with E-state index >= 15 is 0 Å². The van der Waals surface area contributed by atoms with Crippen molar-refractivity contribution in [3.8, 4) is 10.6 Å². The van der Waals surface area contributed by atoms with Gasteiger partial charge in [-0.1, -0.05) is 0 Å². The van der Waals surface area contributed by atoms with Crippen molar-refractivity contribution in [2.75, 3.05) is 7.11 Å². The lowest BCUT2D eigenvalue weighted by Gasteiger charge is -1.95. The normalized spacial score (nSPS) is 10.3. The highest BCUT2D eigenvalue weighted by Crippen LogP contribution is 2.27. The molecule has 0 aliphatic rings. The maximum atomic E-state index is 11.3. The highest BCUT2D eigenvalue weighted by molar-refractivity contribution is 7.13. The number of thiophene rings is 1. The molecule has 2 aromatic rings. The Hall–Kier alpha value is -1.69. The second kappa shape index (κ2) is 3.82. The van der Waals surface area contributed by atoms with Gasteiger partial charge < -0.3 is 4.74 Å². The maximum absolute atomic E-state index is 11.3. The molecule has 15 heavy (non-hydrogen) atoms. The van der Waals surface area contributed by atoms with Crippen LogP contribution in [0.15, 0.2) is 11.4 Å². The molecule has 6 heteroatoms. The molecule has 0 radical (unpaired) electrons. The fourth-order valence-corrected chi connectivity index (χ4v) is 2.09. The van der Waals surface area contributed by atoms with E-state index in [0.717, 1.165) is 10.4 Å². The molecular weight excluding hydrogens is 214 g/mol. The van der Waals surface area contributed by atoms with E-state index in [1.165, 1.54) is 18.4 Å². The number of aromatic amines is 1. The van der Waals surface area contributed by atoms with Gasteiger partial charge in [0.15, 0.2) is 5.69 Å². The third-order valence-electron chi connectivity index (χ3n) is 1.89. The van der Waals surface area contributed by atoms with Crippen LogP contribution < -0.4 is 0 Å². The van der Waals surface area contributed by atoms with Gasteiger partial charge in [0.2, 0.25) is 0 Å². The Balaban J connectivity index is 2.45. The van der Waals surface area contributed by atoms with E-state index in [2.05, 4.69) is 20.1 Å². The summed E-state index contributed by atoms with van der Waals surface area (Å²) in [6.07, 6.45) is 0. The second-order valence-corrected chi connectivity index (χ2v) is 3.91. The predicted octanol–water partition coefficient (Wildman–Crippen LogP) is 1.63. The average Bonchev–Trinajstić information content (AvgIpc) is 2.84. The number of methoxy groups -OCH3 is 1. The molecule has 0 saturated carbocycles. The van der Waals surface area contributed by atoms with E-state index < -0.39 is 5.97 Å². The highest BCUT2D eigenvalue weighted by Gasteiger charge is 2.19. The van der Waals surface area contributed by atoms with Crippen molar-refractivity contribution in [1.82, 2.24) is 15.4 Å². The topological polar surface area (TPSA) is 67.9 Å². The predicted molar refractivity (Wildman–Crippen MR) is 55.8 cm³/mol. The zero-order chi connectivity index (χ0) is 10.8. The number of carbonyl (C=O) groups excluding carboxylic acids is 1. The first kappa shape index (κ1) is 9.85. The number of carbonyl (C=O) groups is 1. The van der Waals surface area contributed by atoms with Crippen molar-refractivity contribution in [3.05, 3.63) is 22.7 Å². The molecule has 0 fully saturated rings. The summed E-state index contributed by atoms with van der Waals surface area (Å²) in [6.45, 7) is 1.98. The Morgan fingerprint density at radius 1 is 1.53 bits per heavy atom. The van der Waals surface area contributed by atoms with Gasteiger partial charge in [-0.3, -0.25) is 0 Å². The van der Waals surface area contributed by atoms with E-state index in [1.54, 1.807) is 0 Å². The molecule has 78 valence electrons. The first-order valence-electron chi connectivity index (χ1n) is 4.27.